The maximum absolute atomic E-state index is 11.8. The van der Waals surface area contributed by atoms with Crippen LogP contribution in [0, 0.1) is 13.8 Å². The number of para-hydroxylation sites is 1. The molecule has 3 nitrogen and oxygen atoms in total. The average Bonchev–Trinajstić information content (AvgIpc) is 2.22. The lowest BCUT2D eigenvalue weighted by Gasteiger charge is -2.29. The van der Waals surface area contributed by atoms with Gasteiger partial charge in [0, 0.05) is 13.1 Å². The smallest absolute Gasteiger partial charge is 0.0698 e. The van der Waals surface area contributed by atoms with E-state index in [-0.39, 0.29) is 12.1 Å². The van der Waals surface area contributed by atoms with Gasteiger partial charge in [-0.25, -0.2) is 4.99 Å². The van der Waals surface area contributed by atoms with Gasteiger partial charge in [0.1, 0.15) is 0 Å². The third-order valence-corrected chi connectivity index (χ3v) is 2.72. The summed E-state index contributed by atoms with van der Waals surface area (Å²) in [6.45, 7) is 7.87. The molecule has 0 aliphatic rings. The molecule has 88 valence electrons. The fourth-order valence-electron chi connectivity index (χ4n) is 1.38. The molecule has 16 heavy (non-hydrogen) atoms. The first kappa shape index (κ1) is 12.6. The second-order valence-corrected chi connectivity index (χ2v) is 4.34. The van der Waals surface area contributed by atoms with Gasteiger partial charge >= 0.3 is 0 Å². The Hall–Kier alpha value is -1.51. The molecule has 0 aliphatic heterocycles. The fraction of sp³-hybridized carbons (Fsp3) is 0.462. The Morgan fingerprint density at radius 3 is 2.19 bits per heavy atom. The van der Waals surface area contributed by atoms with Crippen LogP contribution in [0.5, 0.6) is 0 Å². The molecule has 1 aromatic rings. The number of hydrogen-bond acceptors (Lipinski definition) is 2. The Balaban J connectivity index is 3.07. The van der Waals surface area contributed by atoms with E-state index in [1.807, 2.05) is 45.9 Å². The molecule has 0 N–H and O–H groups in total. The summed E-state index contributed by atoms with van der Waals surface area (Å²) < 4.78 is 0. The van der Waals surface area contributed by atoms with Gasteiger partial charge < -0.3 is 10.0 Å². The summed E-state index contributed by atoms with van der Waals surface area (Å²) in [6.07, 6.45) is 0. The van der Waals surface area contributed by atoms with Crippen LogP contribution in [0.3, 0.4) is 0 Å². The molecule has 0 aliphatic carbocycles. The van der Waals surface area contributed by atoms with Crippen LogP contribution in [0.1, 0.15) is 25.0 Å². The van der Waals surface area contributed by atoms with Gasteiger partial charge in [0.05, 0.1) is 11.7 Å². The van der Waals surface area contributed by atoms with Crippen LogP contribution in [-0.4, -0.2) is 24.0 Å². The highest BCUT2D eigenvalue weighted by Crippen LogP contribution is 2.22. The highest BCUT2D eigenvalue weighted by Gasteiger charge is 2.03. The molecule has 0 saturated carbocycles. The summed E-state index contributed by atoms with van der Waals surface area (Å²) in [4.78, 5) is 5.80. The fourth-order valence-corrected chi connectivity index (χ4v) is 1.38. The Kier molecular flexibility index (Phi) is 3.93. The van der Waals surface area contributed by atoms with Crippen LogP contribution in [0.25, 0.3) is 0 Å². The van der Waals surface area contributed by atoms with E-state index in [0.717, 1.165) is 16.8 Å². The largest absolute Gasteiger partial charge is 0.846 e. The summed E-state index contributed by atoms with van der Waals surface area (Å²) in [5.41, 5.74) is 2.86. The minimum Gasteiger partial charge on any atom is -0.846 e. The quantitative estimate of drug-likeness (QED) is 0.563. The first-order valence-corrected chi connectivity index (χ1v) is 5.48. The van der Waals surface area contributed by atoms with Crippen molar-refractivity contribution in [1.82, 2.24) is 4.90 Å². The molecule has 0 amide bonds. The zero-order valence-electron chi connectivity index (χ0n) is 10.6. The monoisotopic (exact) mass is 219 g/mol. The van der Waals surface area contributed by atoms with Crippen molar-refractivity contribution in [2.24, 2.45) is 4.99 Å². The second kappa shape index (κ2) is 5.01. The zero-order valence-corrected chi connectivity index (χ0v) is 10.6. The van der Waals surface area contributed by atoms with E-state index in [1.54, 1.807) is 11.9 Å². The van der Waals surface area contributed by atoms with Crippen molar-refractivity contribution in [3.63, 3.8) is 0 Å². The van der Waals surface area contributed by atoms with Crippen LogP contribution in [-0.2, 0) is 0 Å². The van der Waals surface area contributed by atoms with E-state index < -0.39 is 0 Å². The van der Waals surface area contributed by atoms with E-state index >= 15 is 0 Å². The highest BCUT2D eigenvalue weighted by atomic mass is 16.3. The van der Waals surface area contributed by atoms with Crippen LogP contribution >= 0.6 is 0 Å². The predicted molar refractivity (Wildman–Crippen MR) is 65.9 cm³/mol. The standard InChI is InChI=1S/C13H20N2O/c1-9(2)15(5)13(16)14-12-10(3)7-6-8-11(12)4/h6-9H,1-5H3,(H,14,16)/p-1. The Bertz CT molecular complexity index is 377. The van der Waals surface area contributed by atoms with Crippen molar-refractivity contribution >= 4 is 11.7 Å². The van der Waals surface area contributed by atoms with Crippen molar-refractivity contribution in [2.45, 2.75) is 33.7 Å². The Morgan fingerprint density at radius 2 is 1.75 bits per heavy atom. The lowest BCUT2D eigenvalue weighted by molar-refractivity contribution is -0.234. The zero-order chi connectivity index (χ0) is 12.3. The molecule has 0 radical (unpaired) electrons. The summed E-state index contributed by atoms with van der Waals surface area (Å²) >= 11 is 0. The molecule has 1 aromatic carbocycles. The highest BCUT2D eigenvalue weighted by molar-refractivity contribution is 5.74. The van der Waals surface area contributed by atoms with Crippen molar-refractivity contribution in [2.75, 3.05) is 7.05 Å². The summed E-state index contributed by atoms with van der Waals surface area (Å²) in [6, 6.07) is 5.89. The minimum absolute atomic E-state index is 0.167. The third kappa shape index (κ3) is 2.75. The van der Waals surface area contributed by atoms with Gasteiger partial charge in [-0.15, -0.1) is 0 Å². The lowest BCUT2D eigenvalue weighted by Crippen LogP contribution is -2.41. The van der Waals surface area contributed by atoms with Crippen LogP contribution in [0.4, 0.5) is 5.69 Å². The molecular weight excluding hydrogens is 200 g/mol. The molecule has 0 spiro atoms. The third-order valence-electron chi connectivity index (χ3n) is 2.72. The molecular formula is C13H19N2O-. The van der Waals surface area contributed by atoms with E-state index in [9.17, 15) is 5.11 Å². The Labute approximate surface area is 97.4 Å². The van der Waals surface area contributed by atoms with Gasteiger partial charge in [-0.3, -0.25) is 0 Å². The van der Waals surface area contributed by atoms with Crippen LogP contribution < -0.4 is 5.11 Å². The molecule has 1 rings (SSSR count). The lowest BCUT2D eigenvalue weighted by atomic mass is 10.1. The summed E-state index contributed by atoms with van der Waals surface area (Å²) in [7, 11) is 1.77. The number of nitrogens with zero attached hydrogens (tertiary/aromatic N) is 2. The van der Waals surface area contributed by atoms with Gasteiger partial charge in [0.15, 0.2) is 0 Å². The van der Waals surface area contributed by atoms with Crippen LogP contribution in [0.2, 0.25) is 0 Å². The van der Waals surface area contributed by atoms with Gasteiger partial charge in [-0.05, 0) is 38.8 Å². The van der Waals surface area contributed by atoms with E-state index in [2.05, 4.69) is 4.99 Å². The van der Waals surface area contributed by atoms with Gasteiger partial charge in [0.2, 0.25) is 0 Å². The second-order valence-electron chi connectivity index (χ2n) is 4.34. The minimum atomic E-state index is -0.188. The van der Waals surface area contributed by atoms with Gasteiger partial charge in [-0.1, -0.05) is 18.2 Å². The van der Waals surface area contributed by atoms with Crippen molar-refractivity contribution in [3.05, 3.63) is 29.3 Å². The molecule has 0 unspecified atom stereocenters. The van der Waals surface area contributed by atoms with E-state index in [0.29, 0.717) is 0 Å². The molecule has 3 heteroatoms. The van der Waals surface area contributed by atoms with Crippen LogP contribution in [0.15, 0.2) is 23.2 Å². The summed E-state index contributed by atoms with van der Waals surface area (Å²) in [5.74, 6) is 0. The first-order chi connectivity index (χ1) is 7.43. The predicted octanol–water partition coefficient (Wildman–Crippen LogP) is 1.99. The average molecular weight is 219 g/mol. The SMILES string of the molecule is Cc1cccc(C)c1N=C([O-])N(C)C(C)C. The van der Waals surface area contributed by atoms with Gasteiger partial charge in [-0.2, -0.15) is 0 Å². The topological polar surface area (TPSA) is 38.7 Å². The molecule has 0 aromatic heterocycles. The number of amidine groups is 1. The van der Waals surface area contributed by atoms with E-state index in [1.165, 1.54) is 0 Å². The number of hydrogen-bond donors (Lipinski definition) is 0. The number of aliphatic imine (C=N–C) groups is 1. The normalized spacial score (nSPS) is 12.0. The molecule has 0 saturated heterocycles. The molecule has 0 atom stereocenters. The number of rotatable bonds is 2. The number of aryl methyl sites for hydroxylation is 2. The Morgan fingerprint density at radius 1 is 1.25 bits per heavy atom. The molecule has 0 bridgehead atoms. The maximum Gasteiger partial charge on any atom is 0.0698 e. The van der Waals surface area contributed by atoms with Crippen molar-refractivity contribution < 1.29 is 5.11 Å². The molecule has 0 fully saturated rings. The van der Waals surface area contributed by atoms with Crippen molar-refractivity contribution in [3.8, 4) is 0 Å². The van der Waals surface area contributed by atoms with Crippen molar-refractivity contribution in [1.29, 1.82) is 0 Å². The maximum atomic E-state index is 11.8. The van der Waals surface area contributed by atoms with Gasteiger partial charge in [0.25, 0.3) is 0 Å². The summed E-state index contributed by atoms with van der Waals surface area (Å²) in [5, 5.41) is 11.8. The van der Waals surface area contributed by atoms with E-state index in [4.69, 9.17) is 0 Å². The molecule has 0 heterocycles. The first-order valence-electron chi connectivity index (χ1n) is 5.48. The number of benzene rings is 1.